The molecule has 2 fully saturated rings. The molecule has 12 heteroatoms. The van der Waals surface area contributed by atoms with Crippen LogP contribution < -0.4 is 25.6 Å². The lowest BCUT2D eigenvalue weighted by Crippen LogP contribution is -2.49. The second-order valence-corrected chi connectivity index (χ2v) is 13.2. The van der Waals surface area contributed by atoms with Gasteiger partial charge < -0.3 is 25.3 Å². The Morgan fingerprint density at radius 2 is 1.49 bits per heavy atom. The quantitative estimate of drug-likeness (QED) is 0.385. The Labute approximate surface area is 264 Å². The van der Waals surface area contributed by atoms with Crippen molar-refractivity contribution in [2.45, 2.75) is 37.6 Å². The summed E-state index contributed by atoms with van der Waals surface area (Å²) in [6, 6.07) is 20.4. The Kier molecular flexibility index (Phi) is 9.32. The Bertz CT molecular complexity index is 1740. The van der Waals surface area contributed by atoms with Gasteiger partial charge in [0, 0.05) is 56.6 Å². The largest absolute Gasteiger partial charge is 0.370 e. The molecule has 0 unspecified atom stereocenters. The van der Waals surface area contributed by atoms with Crippen molar-refractivity contribution in [2.75, 3.05) is 60.5 Å². The van der Waals surface area contributed by atoms with Gasteiger partial charge in [0.05, 0.1) is 23.5 Å². The molecule has 0 radical (unpaired) electrons. The average molecular weight is 630 g/mol. The maximum Gasteiger partial charge on any atom is 0.254 e. The molecule has 45 heavy (non-hydrogen) atoms. The van der Waals surface area contributed by atoms with Crippen LogP contribution in [0.2, 0.25) is 0 Å². The zero-order valence-electron chi connectivity index (χ0n) is 25.6. The summed E-state index contributed by atoms with van der Waals surface area (Å²) in [7, 11) is -3.89. The SMILES string of the molecule is Cc1cc(C)c(N(CC(N)=O)C2CCN(c3ccccc3C#N)CC2)cc1C(=O)N1CCN(c2ccccc2S(N)(=O)=O)CC1. The first-order chi connectivity index (χ1) is 21.5. The third kappa shape index (κ3) is 6.90. The average Bonchev–Trinajstić information content (AvgIpc) is 3.03. The number of amides is 2. The van der Waals surface area contributed by atoms with Gasteiger partial charge in [-0.1, -0.05) is 30.3 Å². The minimum atomic E-state index is -3.89. The van der Waals surface area contributed by atoms with Crippen LogP contribution in [0.3, 0.4) is 0 Å². The highest BCUT2D eigenvalue weighted by molar-refractivity contribution is 7.89. The zero-order valence-corrected chi connectivity index (χ0v) is 26.5. The first-order valence-corrected chi connectivity index (χ1v) is 16.6. The van der Waals surface area contributed by atoms with E-state index < -0.39 is 15.9 Å². The normalized spacial score (nSPS) is 15.9. The van der Waals surface area contributed by atoms with E-state index in [-0.39, 0.29) is 23.4 Å². The third-order valence-corrected chi connectivity index (χ3v) is 9.72. The predicted molar refractivity (Wildman–Crippen MR) is 175 cm³/mol. The van der Waals surface area contributed by atoms with Crippen LogP contribution in [0.1, 0.15) is 39.9 Å². The topological polar surface area (TPSA) is 157 Å². The second-order valence-electron chi connectivity index (χ2n) is 11.7. The lowest BCUT2D eigenvalue weighted by Gasteiger charge is -2.41. The minimum absolute atomic E-state index is 0.0230. The molecule has 3 aromatic carbocycles. The number of hydrogen-bond donors (Lipinski definition) is 2. The van der Waals surface area contributed by atoms with Crippen molar-refractivity contribution in [1.82, 2.24) is 4.90 Å². The van der Waals surface area contributed by atoms with Crippen molar-refractivity contribution in [3.8, 4) is 6.07 Å². The van der Waals surface area contributed by atoms with Gasteiger partial charge in [0.15, 0.2) is 0 Å². The number of nitriles is 1. The summed E-state index contributed by atoms with van der Waals surface area (Å²) in [6.45, 7) is 7.08. The molecular formula is C33H39N7O4S. The number of carbonyl (C=O) groups is 2. The number of piperidine rings is 1. The smallest absolute Gasteiger partial charge is 0.254 e. The Morgan fingerprint density at radius 3 is 2.11 bits per heavy atom. The summed E-state index contributed by atoms with van der Waals surface area (Å²) < 4.78 is 24.3. The van der Waals surface area contributed by atoms with E-state index in [1.54, 1.807) is 23.1 Å². The molecule has 2 aliphatic heterocycles. The summed E-state index contributed by atoms with van der Waals surface area (Å²) in [5, 5.41) is 15.0. The van der Waals surface area contributed by atoms with Gasteiger partial charge in [0.25, 0.3) is 5.91 Å². The van der Waals surface area contributed by atoms with Crippen LogP contribution in [0.15, 0.2) is 65.6 Å². The highest BCUT2D eigenvalue weighted by Crippen LogP contribution is 2.32. The maximum absolute atomic E-state index is 13.9. The minimum Gasteiger partial charge on any atom is -0.370 e. The Hall–Kier alpha value is -4.60. The molecule has 3 aromatic rings. The fourth-order valence-corrected chi connectivity index (χ4v) is 7.26. The van der Waals surface area contributed by atoms with Crippen LogP contribution >= 0.6 is 0 Å². The number of primary amides is 1. The van der Waals surface area contributed by atoms with Crippen LogP contribution in [-0.4, -0.2) is 77.0 Å². The number of aryl methyl sites for hydroxylation is 2. The van der Waals surface area contributed by atoms with E-state index in [0.717, 1.165) is 35.3 Å². The van der Waals surface area contributed by atoms with Crippen molar-refractivity contribution < 1.29 is 18.0 Å². The van der Waals surface area contributed by atoms with E-state index in [1.807, 2.05) is 60.0 Å². The maximum atomic E-state index is 13.9. The van der Waals surface area contributed by atoms with Crippen LogP contribution in [-0.2, 0) is 14.8 Å². The highest BCUT2D eigenvalue weighted by atomic mass is 32.2. The molecule has 0 bridgehead atoms. The second kappa shape index (κ2) is 13.2. The highest BCUT2D eigenvalue weighted by Gasteiger charge is 2.30. The van der Waals surface area contributed by atoms with Gasteiger partial charge in [-0.05, 0) is 68.1 Å². The van der Waals surface area contributed by atoms with Crippen molar-refractivity contribution in [2.24, 2.45) is 10.9 Å². The molecule has 0 saturated carbocycles. The Balaban J connectivity index is 1.34. The summed E-state index contributed by atoms with van der Waals surface area (Å²) >= 11 is 0. The van der Waals surface area contributed by atoms with E-state index in [4.69, 9.17) is 10.9 Å². The molecule has 0 atom stereocenters. The van der Waals surface area contributed by atoms with Crippen LogP contribution in [0.5, 0.6) is 0 Å². The number of rotatable bonds is 8. The number of anilines is 3. The van der Waals surface area contributed by atoms with Crippen molar-refractivity contribution in [3.63, 3.8) is 0 Å². The number of nitrogens with two attached hydrogens (primary N) is 2. The standard InChI is InChI=1S/C33H39N7O4S/c1-23-19-24(2)30(40(22-32(35)41)26-11-13-37(14-12-26)28-8-4-3-7-25(28)21-34)20-27(23)33(42)39-17-15-38(16-18-39)29-9-5-6-10-31(29)45(36,43)44/h3-10,19-20,26H,11-18,22H2,1-2H3,(H2,35,41)(H2,36,43,44). The molecule has 2 heterocycles. The van der Waals surface area contributed by atoms with Crippen molar-refractivity contribution in [3.05, 3.63) is 82.9 Å². The fourth-order valence-electron chi connectivity index (χ4n) is 6.50. The number of para-hydroxylation sites is 2. The molecule has 5 rings (SSSR count). The molecule has 0 aliphatic carbocycles. The molecule has 236 valence electrons. The molecular weight excluding hydrogens is 590 g/mol. The summed E-state index contributed by atoms with van der Waals surface area (Å²) in [5.74, 6) is -0.564. The molecule has 0 spiro atoms. The van der Waals surface area contributed by atoms with E-state index in [2.05, 4.69) is 11.0 Å². The van der Waals surface area contributed by atoms with Gasteiger partial charge in [-0.25, -0.2) is 13.6 Å². The van der Waals surface area contributed by atoms with Crippen LogP contribution in [0, 0.1) is 25.2 Å². The summed E-state index contributed by atoms with van der Waals surface area (Å²) in [5.41, 5.74) is 11.0. The molecule has 4 N–H and O–H groups in total. The summed E-state index contributed by atoms with van der Waals surface area (Å²) in [4.78, 5) is 34.2. The zero-order chi connectivity index (χ0) is 32.3. The Morgan fingerprint density at radius 1 is 0.889 bits per heavy atom. The van der Waals surface area contributed by atoms with E-state index in [0.29, 0.717) is 56.1 Å². The van der Waals surface area contributed by atoms with E-state index in [1.165, 1.54) is 6.07 Å². The third-order valence-electron chi connectivity index (χ3n) is 8.76. The van der Waals surface area contributed by atoms with Crippen molar-refractivity contribution >= 4 is 38.9 Å². The molecule has 11 nitrogen and oxygen atoms in total. The first kappa shape index (κ1) is 31.8. The molecule has 2 saturated heterocycles. The van der Waals surface area contributed by atoms with Gasteiger partial charge in [-0.15, -0.1) is 0 Å². The number of carbonyl (C=O) groups excluding carboxylic acids is 2. The predicted octanol–water partition coefficient (Wildman–Crippen LogP) is 2.75. The number of piperazine rings is 1. The monoisotopic (exact) mass is 629 g/mol. The number of benzene rings is 3. The van der Waals surface area contributed by atoms with E-state index >= 15 is 0 Å². The van der Waals surface area contributed by atoms with Crippen molar-refractivity contribution in [1.29, 1.82) is 5.26 Å². The van der Waals surface area contributed by atoms with E-state index in [9.17, 15) is 23.3 Å². The van der Waals surface area contributed by atoms with Gasteiger partial charge in [-0.2, -0.15) is 5.26 Å². The van der Waals surface area contributed by atoms with Crippen LogP contribution in [0.25, 0.3) is 0 Å². The molecule has 2 aliphatic rings. The van der Waals surface area contributed by atoms with Gasteiger partial charge in [0.2, 0.25) is 15.9 Å². The number of sulfonamides is 1. The first-order valence-electron chi connectivity index (χ1n) is 15.0. The lowest BCUT2D eigenvalue weighted by molar-refractivity contribution is -0.116. The van der Waals surface area contributed by atoms with Gasteiger partial charge in [-0.3, -0.25) is 9.59 Å². The van der Waals surface area contributed by atoms with Gasteiger partial charge in [0.1, 0.15) is 11.0 Å². The van der Waals surface area contributed by atoms with Gasteiger partial charge >= 0.3 is 0 Å². The lowest BCUT2D eigenvalue weighted by atomic mass is 9.97. The fraction of sp³-hybridized carbons (Fsp3) is 0.364. The van der Waals surface area contributed by atoms with Crippen LogP contribution in [0.4, 0.5) is 17.1 Å². The molecule has 0 aromatic heterocycles. The number of hydrogen-bond acceptors (Lipinski definition) is 8. The summed E-state index contributed by atoms with van der Waals surface area (Å²) in [6.07, 6.45) is 1.51. The number of nitrogens with zero attached hydrogens (tertiary/aromatic N) is 5. The number of primary sulfonamides is 1. The molecule has 2 amide bonds.